The number of carbonyl (C=O) groups is 1. The van der Waals surface area contributed by atoms with E-state index in [4.69, 9.17) is 5.11 Å². The maximum atomic E-state index is 13.4. The number of nitrogens with zero attached hydrogens (tertiary/aromatic N) is 2. The summed E-state index contributed by atoms with van der Waals surface area (Å²) in [7, 11) is 0. The molecule has 0 saturated heterocycles. The number of benzene rings is 1. The number of rotatable bonds is 5. The van der Waals surface area contributed by atoms with E-state index in [2.05, 4.69) is 16.5 Å². The van der Waals surface area contributed by atoms with Gasteiger partial charge in [-0.05, 0) is 37.8 Å². The molecule has 1 saturated carbocycles. The van der Waals surface area contributed by atoms with E-state index < -0.39 is 5.97 Å². The number of aromatic nitrogens is 2. The van der Waals surface area contributed by atoms with Gasteiger partial charge in [0.1, 0.15) is 5.82 Å². The van der Waals surface area contributed by atoms with Gasteiger partial charge in [-0.25, -0.2) is 9.37 Å². The highest BCUT2D eigenvalue weighted by atomic mass is 32.2. The minimum atomic E-state index is -0.874. The molecule has 112 valence electrons. The van der Waals surface area contributed by atoms with E-state index in [1.54, 1.807) is 6.07 Å². The first kappa shape index (κ1) is 14.4. The van der Waals surface area contributed by atoms with Gasteiger partial charge in [0.05, 0.1) is 16.8 Å². The molecular formula is C15H17FN2O2S. The standard InChI is InChI=1S/C15H17FN2O2S/c1-9(10-3-2-4-10)18-13-6-5-11(16)7-12(13)17-15(18)21-8-14(19)20/h5-7,9-10H,2-4,8H2,1H3,(H,19,20). The third kappa shape index (κ3) is 2.77. The molecule has 1 heterocycles. The number of halogens is 1. The van der Waals surface area contributed by atoms with E-state index in [0.29, 0.717) is 16.6 Å². The van der Waals surface area contributed by atoms with Gasteiger partial charge in [-0.2, -0.15) is 0 Å². The molecule has 1 aliphatic carbocycles. The first-order valence-corrected chi connectivity index (χ1v) is 8.07. The minimum Gasteiger partial charge on any atom is -0.481 e. The average molecular weight is 308 g/mol. The van der Waals surface area contributed by atoms with Crippen LogP contribution in [0.5, 0.6) is 0 Å². The molecule has 6 heteroatoms. The normalized spacial score (nSPS) is 16.9. The summed E-state index contributed by atoms with van der Waals surface area (Å²) < 4.78 is 15.5. The van der Waals surface area contributed by atoms with Crippen LogP contribution >= 0.6 is 11.8 Å². The van der Waals surface area contributed by atoms with Crippen LogP contribution in [0.2, 0.25) is 0 Å². The Morgan fingerprint density at radius 2 is 2.33 bits per heavy atom. The second-order valence-electron chi connectivity index (χ2n) is 5.51. The third-order valence-electron chi connectivity index (χ3n) is 4.18. The Kier molecular flexibility index (Phi) is 3.89. The van der Waals surface area contributed by atoms with Gasteiger partial charge in [-0.3, -0.25) is 4.79 Å². The Morgan fingerprint density at radius 3 is 2.95 bits per heavy atom. The van der Waals surface area contributed by atoms with E-state index in [-0.39, 0.29) is 17.6 Å². The molecule has 1 atom stereocenters. The maximum Gasteiger partial charge on any atom is 0.313 e. The molecule has 0 amide bonds. The van der Waals surface area contributed by atoms with E-state index in [1.807, 2.05) is 0 Å². The van der Waals surface area contributed by atoms with Crippen LogP contribution in [0.15, 0.2) is 23.4 Å². The Balaban J connectivity index is 2.03. The van der Waals surface area contributed by atoms with Gasteiger partial charge in [-0.15, -0.1) is 0 Å². The van der Waals surface area contributed by atoms with Crippen molar-refractivity contribution in [2.45, 2.75) is 37.4 Å². The van der Waals surface area contributed by atoms with Crippen molar-refractivity contribution in [2.24, 2.45) is 5.92 Å². The predicted octanol–water partition coefficient (Wildman–Crippen LogP) is 3.71. The predicted molar refractivity (Wildman–Crippen MR) is 80.1 cm³/mol. The lowest BCUT2D eigenvalue weighted by molar-refractivity contribution is -0.133. The number of thioether (sulfide) groups is 1. The number of hydrogen-bond acceptors (Lipinski definition) is 3. The molecule has 0 bridgehead atoms. The molecule has 21 heavy (non-hydrogen) atoms. The molecule has 0 aliphatic heterocycles. The molecule has 1 aromatic carbocycles. The fourth-order valence-corrected chi connectivity index (χ4v) is 3.62. The summed E-state index contributed by atoms with van der Waals surface area (Å²) in [6.45, 7) is 2.14. The summed E-state index contributed by atoms with van der Waals surface area (Å²) in [6, 6.07) is 4.83. The summed E-state index contributed by atoms with van der Waals surface area (Å²) in [5.41, 5.74) is 1.47. The molecule has 1 unspecified atom stereocenters. The number of aliphatic carboxylic acids is 1. The highest BCUT2D eigenvalue weighted by Gasteiger charge is 2.28. The summed E-state index contributed by atoms with van der Waals surface area (Å²) in [5.74, 6) is -0.639. The van der Waals surface area contributed by atoms with Gasteiger partial charge in [-0.1, -0.05) is 18.2 Å². The van der Waals surface area contributed by atoms with Crippen LogP contribution < -0.4 is 0 Å². The van der Waals surface area contributed by atoms with E-state index in [0.717, 1.165) is 5.52 Å². The van der Waals surface area contributed by atoms with Crippen molar-refractivity contribution >= 4 is 28.8 Å². The molecule has 1 fully saturated rings. The van der Waals surface area contributed by atoms with Crippen LogP contribution in [-0.2, 0) is 4.79 Å². The van der Waals surface area contributed by atoms with Gasteiger partial charge in [0.15, 0.2) is 5.16 Å². The SMILES string of the molecule is CC(C1CCC1)n1c(SCC(=O)O)nc2cc(F)ccc21. The van der Waals surface area contributed by atoms with Gasteiger partial charge in [0, 0.05) is 12.1 Å². The van der Waals surface area contributed by atoms with E-state index in [9.17, 15) is 9.18 Å². The van der Waals surface area contributed by atoms with Crippen LogP contribution in [0.4, 0.5) is 4.39 Å². The first-order chi connectivity index (χ1) is 10.1. The lowest BCUT2D eigenvalue weighted by Gasteiger charge is -2.33. The second kappa shape index (κ2) is 5.67. The van der Waals surface area contributed by atoms with Crippen LogP contribution in [0.1, 0.15) is 32.2 Å². The highest BCUT2D eigenvalue weighted by Crippen LogP contribution is 2.39. The summed E-state index contributed by atoms with van der Waals surface area (Å²) in [5, 5.41) is 9.54. The zero-order chi connectivity index (χ0) is 15.0. The number of fused-ring (bicyclic) bond motifs is 1. The van der Waals surface area contributed by atoms with E-state index >= 15 is 0 Å². The second-order valence-corrected chi connectivity index (χ2v) is 6.45. The van der Waals surface area contributed by atoms with Gasteiger partial charge < -0.3 is 9.67 Å². The summed E-state index contributed by atoms with van der Waals surface area (Å²) >= 11 is 1.20. The monoisotopic (exact) mass is 308 g/mol. The van der Waals surface area contributed by atoms with Crippen molar-refractivity contribution in [3.8, 4) is 0 Å². The lowest BCUT2D eigenvalue weighted by atomic mass is 9.80. The Labute approximate surface area is 126 Å². The van der Waals surface area contributed by atoms with Crippen molar-refractivity contribution < 1.29 is 14.3 Å². The third-order valence-corrected chi connectivity index (χ3v) is 5.12. The van der Waals surface area contributed by atoms with Gasteiger partial charge in [0.25, 0.3) is 0 Å². The fourth-order valence-electron chi connectivity index (χ4n) is 2.80. The average Bonchev–Trinajstić information content (AvgIpc) is 2.71. The molecule has 1 N–H and O–H groups in total. The molecule has 0 spiro atoms. The largest absolute Gasteiger partial charge is 0.481 e. The fraction of sp³-hybridized carbons (Fsp3) is 0.467. The van der Waals surface area contributed by atoms with Crippen molar-refractivity contribution in [2.75, 3.05) is 5.75 Å². The first-order valence-electron chi connectivity index (χ1n) is 7.08. The minimum absolute atomic E-state index is 0.0385. The molecule has 0 radical (unpaired) electrons. The Hall–Kier alpha value is -1.56. The number of carboxylic acids is 1. The Morgan fingerprint density at radius 1 is 1.57 bits per heavy atom. The molecule has 3 rings (SSSR count). The lowest BCUT2D eigenvalue weighted by Crippen LogP contribution is -2.23. The van der Waals surface area contributed by atoms with Gasteiger partial charge in [0.2, 0.25) is 0 Å². The zero-order valence-corrected chi connectivity index (χ0v) is 12.6. The molecular weight excluding hydrogens is 291 g/mol. The number of hydrogen-bond donors (Lipinski definition) is 1. The smallest absolute Gasteiger partial charge is 0.313 e. The van der Waals surface area contributed by atoms with Crippen molar-refractivity contribution in [1.29, 1.82) is 0 Å². The Bertz CT molecular complexity index is 682. The maximum absolute atomic E-state index is 13.4. The van der Waals surface area contributed by atoms with Crippen LogP contribution in [-0.4, -0.2) is 26.4 Å². The molecule has 4 nitrogen and oxygen atoms in total. The quantitative estimate of drug-likeness (QED) is 0.855. The highest BCUT2D eigenvalue weighted by molar-refractivity contribution is 7.99. The van der Waals surface area contributed by atoms with Gasteiger partial charge >= 0.3 is 5.97 Å². The zero-order valence-electron chi connectivity index (χ0n) is 11.8. The summed E-state index contributed by atoms with van der Waals surface area (Å²) in [4.78, 5) is 15.2. The molecule has 1 aliphatic rings. The van der Waals surface area contributed by atoms with E-state index in [1.165, 1.54) is 43.2 Å². The van der Waals surface area contributed by atoms with Crippen molar-refractivity contribution in [3.05, 3.63) is 24.0 Å². The number of imidazole rings is 1. The topological polar surface area (TPSA) is 55.1 Å². The number of carboxylic acid groups (broad SMARTS) is 1. The van der Waals surface area contributed by atoms with Crippen molar-refractivity contribution in [3.63, 3.8) is 0 Å². The molecule has 1 aromatic heterocycles. The van der Waals surface area contributed by atoms with Crippen molar-refractivity contribution in [1.82, 2.24) is 9.55 Å². The molecule has 2 aromatic rings. The van der Waals surface area contributed by atoms with Crippen LogP contribution in [0.3, 0.4) is 0 Å². The van der Waals surface area contributed by atoms with Crippen LogP contribution in [0.25, 0.3) is 11.0 Å². The van der Waals surface area contributed by atoms with Crippen LogP contribution in [0, 0.1) is 11.7 Å². The summed E-state index contributed by atoms with van der Waals surface area (Å²) in [6.07, 6.45) is 3.62.